The van der Waals surface area contributed by atoms with Gasteiger partial charge in [0.15, 0.2) is 0 Å². The van der Waals surface area contributed by atoms with E-state index in [4.69, 9.17) is 10.6 Å². The van der Waals surface area contributed by atoms with Crippen molar-refractivity contribution in [3.63, 3.8) is 0 Å². The highest BCUT2D eigenvalue weighted by atomic mass is 16.6. The van der Waals surface area contributed by atoms with Gasteiger partial charge < -0.3 is 41.0 Å². The van der Waals surface area contributed by atoms with Gasteiger partial charge in [0.05, 0.1) is 17.5 Å². The largest absolute Gasteiger partial charge is 0.515 e. The fraction of sp³-hybridized carbons (Fsp3) is 0.440. The van der Waals surface area contributed by atoms with Gasteiger partial charge in [0.25, 0.3) is 5.91 Å². The van der Waals surface area contributed by atoms with Crippen LogP contribution in [0.3, 0.4) is 0 Å². The van der Waals surface area contributed by atoms with Gasteiger partial charge in [-0.1, -0.05) is 5.16 Å². The molecule has 0 radical (unpaired) electrons. The van der Waals surface area contributed by atoms with Gasteiger partial charge in [-0.15, -0.1) is 0 Å². The lowest BCUT2D eigenvalue weighted by atomic mass is 9.61. The van der Waals surface area contributed by atoms with E-state index in [0.29, 0.717) is 36.0 Å². The van der Waals surface area contributed by atoms with Crippen molar-refractivity contribution in [3.05, 3.63) is 57.3 Å². The Balaban J connectivity index is 1.92. The molecule has 188 valence electrons. The van der Waals surface area contributed by atoms with Crippen LogP contribution in [0.15, 0.2) is 45.7 Å². The molecule has 10 heteroatoms. The van der Waals surface area contributed by atoms with Gasteiger partial charge in [-0.05, 0) is 43.2 Å². The molecule has 0 bridgehead atoms. The molecule has 3 aliphatic carbocycles. The molecule has 0 heterocycles. The lowest BCUT2D eigenvalue weighted by molar-refractivity contribution is -0.114. The fourth-order valence-electron chi connectivity index (χ4n) is 5.99. The van der Waals surface area contributed by atoms with E-state index in [0.717, 1.165) is 11.3 Å². The normalized spacial score (nSPS) is 27.3. The Hall–Kier alpha value is -3.66. The summed E-state index contributed by atoms with van der Waals surface area (Å²) in [5.41, 5.74) is 8.15. The molecule has 0 aliphatic heterocycles. The molecule has 0 aromatic heterocycles. The van der Waals surface area contributed by atoms with Gasteiger partial charge in [0.2, 0.25) is 0 Å². The number of primary amides is 1. The maximum Gasteiger partial charge on any atom is 0.252 e. The summed E-state index contributed by atoms with van der Waals surface area (Å²) in [5.74, 6) is -2.90. The average Bonchev–Trinajstić information content (AvgIpc) is 2.77. The number of nitrogens with two attached hydrogens (primary N) is 1. The number of amides is 1. The van der Waals surface area contributed by atoms with Gasteiger partial charge in [-0.2, -0.15) is 0 Å². The predicted octanol–water partition coefficient (Wildman–Crippen LogP) is 2.63. The Morgan fingerprint density at radius 3 is 2.51 bits per heavy atom. The molecule has 4 atom stereocenters. The molecule has 10 nitrogen and oxygen atoms in total. The zero-order valence-electron chi connectivity index (χ0n) is 20.1. The lowest BCUT2D eigenvalue weighted by Gasteiger charge is -2.45. The van der Waals surface area contributed by atoms with Crippen LogP contribution < -0.4 is 10.6 Å². The second-order valence-corrected chi connectivity index (χ2v) is 9.53. The molecular weight excluding hydrogens is 454 g/mol. The highest BCUT2D eigenvalue weighted by Crippen LogP contribution is 2.56. The molecule has 0 fully saturated rings. The van der Waals surface area contributed by atoms with Crippen LogP contribution in [0.25, 0.3) is 0 Å². The maximum absolute atomic E-state index is 12.0. The second kappa shape index (κ2) is 8.84. The van der Waals surface area contributed by atoms with E-state index < -0.39 is 17.9 Å². The van der Waals surface area contributed by atoms with E-state index in [9.17, 15) is 30.3 Å². The topological polar surface area (TPSA) is 169 Å². The van der Waals surface area contributed by atoms with E-state index in [1.165, 1.54) is 7.11 Å². The Labute approximate surface area is 202 Å². The van der Waals surface area contributed by atoms with E-state index in [1.54, 1.807) is 13.0 Å². The SMILES string of the molecule is CO/N=C(/C)c1cc(N(C)C)c2c(c1O)C(O)C1=C(O)C3/C(=C\O)C(C(N)=O)=C(O)CC3CC1C2. The van der Waals surface area contributed by atoms with Crippen LogP contribution in [-0.4, -0.2) is 58.4 Å². The summed E-state index contributed by atoms with van der Waals surface area (Å²) in [7, 11) is 5.12. The number of aliphatic hydroxyl groups excluding tert-OH is 4. The van der Waals surface area contributed by atoms with Gasteiger partial charge in [0.1, 0.15) is 30.5 Å². The van der Waals surface area contributed by atoms with Crippen LogP contribution in [0.2, 0.25) is 0 Å². The van der Waals surface area contributed by atoms with E-state index in [-0.39, 0.29) is 52.2 Å². The van der Waals surface area contributed by atoms with Crippen LogP contribution in [0.5, 0.6) is 5.75 Å². The number of phenolic OH excluding ortho intramolecular Hbond substituents is 1. The summed E-state index contributed by atoms with van der Waals surface area (Å²) >= 11 is 0. The van der Waals surface area contributed by atoms with Crippen molar-refractivity contribution in [2.24, 2.45) is 28.6 Å². The number of aliphatic hydroxyl groups is 4. The Morgan fingerprint density at radius 1 is 1.26 bits per heavy atom. The zero-order valence-corrected chi connectivity index (χ0v) is 20.1. The van der Waals surface area contributed by atoms with Crippen LogP contribution in [0, 0.1) is 17.8 Å². The summed E-state index contributed by atoms with van der Waals surface area (Å²) < 4.78 is 0. The van der Waals surface area contributed by atoms with Crippen molar-refractivity contribution in [1.29, 1.82) is 0 Å². The number of anilines is 1. The number of fused-ring (bicyclic) bond motifs is 3. The third kappa shape index (κ3) is 3.68. The number of hydrogen-bond donors (Lipinski definition) is 6. The number of allylic oxidation sites excluding steroid dienone is 2. The third-order valence-corrected chi connectivity index (χ3v) is 7.39. The van der Waals surface area contributed by atoms with Gasteiger partial charge in [0, 0.05) is 54.4 Å². The van der Waals surface area contributed by atoms with Crippen molar-refractivity contribution in [2.45, 2.75) is 32.3 Å². The monoisotopic (exact) mass is 485 g/mol. The summed E-state index contributed by atoms with van der Waals surface area (Å²) in [6, 6.07) is 1.79. The van der Waals surface area contributed by atoms with Gasteiger partial charge in [-0.25, -0.2) is 0 Å². The smallest absolute Gasteiger partial charge is 0.252 e. The summed E-state index contributed by atoms with van der Waals surface area (Å²) in [6.07, 6.45) is 0.358. The minimum atomic E-state index is -1.34. The average molecular weight is 486 g/mol. The number of rotatable bonds is 4. The minimum absolute atomic E-state index is 0.0164. The Morgan fingerprint density at radius 2 is 1.94 bits per heavy atom. The minimum Gasteiger partial charge on any atom is -0.515 e. The molecule has 1 aromatic rings. The van der Waals surface area contributed by atoms with Crippen molar-refractivity contribution in [3.8, 4) is 5.75 Å². The first-order chi connectivity index (χ1) is 16.5. The molecule has 35 heavy (non-hydrogen) atoms. The number of carbonyl (C=O) groups is 1. The number of hydrogen-bond acceptors (Lipinski definition) is 9. The summed E-state index contributed by atoms with van der Waals surface area (Å²) in [6.45, 7) is 1.68. The molecule has 0 saturated carbocycles. The highest BCUT2D eigenvalue weighted by molar-refractivity contribution is 6.02. The van der Waals surface area contributed by atoms with E-state index >= 15 is 0 Å². The molecular formula is C25H31N3O7. The van der Waals surface area contributed by atoms with E-state index in [1.807, 2.05) is 19.0 Å². The van der Waals surface area contributed by atoms with Crippen LogP contribution >= 0.6 is 0 Å². The molecule has 1 amide bonds. The molecule has 3 aliphatic rings. The van der Waals surface area contributed by atoms with Crippen molar-refractivity contribution < 1.29 is 35.2 Å². The van der Waals surface area contributed by atoms with Gasteiger partial charge in [-0.3, -0.25) is 4.79 Å². The fourth-order valence-corrected chi connectivity index (χ4v) is 5.99. The molecule has 1 aromatic carbocycles. The van der Waals surface area contributed by atoms with Crippen molar-refractivity contribution in [2.75, 3.05) is 26.1 Å². The molecule has 4 unspecified atom stereocenters. The van der Waals surface area contributed by atoms with E-state index in [2.05, 4.69) is 5.16 Å². The Kier molecular flexibility index (Phi) is 6.18. The number of nitrogens with zero attached hydrogens (tertiary/aromatic N) is 2. The first kappa shape index (κ1) is 24.5. The maximum atomic E-state index is 12.0. The van der Waals surface area contributed by atoms with Gasteiger partial charge >= 0.3 is 0 Å². The first-order valence-electron chi connectivity index (χ1n) is 11.3. The molecule has 4 rings (SSSR count). The van der Waals surface area contributed by atoms with Crippen LogP contribution in [0.1, 0.15) is 42.6 Å². The lowest BCUT2D eigenvalue weighted by Crippen LogP contribution is -2.39. The number of carbonyl (C=O) groups excluding carboxylic acids is 1. The predicted molar refractivity (Wildman–Crippen MR) is 129 cm³/mol. The highest BCUT2D eigenvalue weighted by Gasteiger charge is 2.49. The standard InChI is InChI=1S/C25H31N3O7/c1-10(27-35-4)13-8-16(28(2)3)14-6-11-5-12-7-17(30)20(25(26)34)15(9-29)18(12)23(32)19(11)24(33)21(14)22(13)31/h8-9,11-12,18,24,29-33H,5-7H2,1-4H3,(H2,26,34)/b15-9+,27-10-. The number of oxime groups is 1. The number of benzene rings is 1. The van der Waals surface area contributed by atoms with Crippen LogP contribution in [-0.2, 0) is 16.1 Å². The molecule has 0 saturated heterocycles. The molecule has 0 spiro atoms. The van der Waals surface area contributed by atoms with Crippen molar-refractivity contribution in [1.82, 2.24) is 0 Å². The number of phenols is 1. The number of aromatic hydroxyl groups is 1. The van der Waals surface area contributed by atoms with Crippen molar-refractivity contribution >= 4 is 17.3 Å². The quantitative estimate of drug-likeness (QED) is 0.215. The zero-order chi connectivity index (χ0) is 25.8. The Bertz CT molecular complexity index is 1210. The summed E-state index contributed by atoms with van der Waals surface area (Å²) in [5, 5.41) is 58.4. The molecule has 7 N–H and O–H groups in total. The summed E-state index contributed by atoms with van der Waals surface area (Å²) in [4.78, 5) is 18.7. The van der Waals surface area contributed by atoms with Crippen LogP contribution in [0.4, 0.5) is 5.69 Å². The first-order valence-corrected chi connectivity index (χ1v) is 11.3. The second-order valence-electron chi connectivity index (χ2n) is 9.53. The third-order valence-electron chi connectivity index (χ3n) is 7.39.